The summed E-state index contributed by atoms with van der Waals surface area (Å²) in [5, 5.41) is 20.0. The number of fused-ring (bicyclic) bond motifs is 1. The van der Waals surface area contributed by atoms with Gasteiger partial charge in [0, 0.05) is 5.56 Å². The molecular weight excluding hydrogens is 292 g/mol. The molecule has 2 rings (SSSR count). The van der Waals surface area contributed by atoms with Gasteiger partial charge < -0.3 is 14.9 Å². The molecule has 118 valence electrons. The van der Waals surface area contributed by atoms with Gasteiger partial charge in [-0.15, -0.1) is 0 Å². The van der Waals surface area contributed by atoms with E-state index < -0.39 is 35.5 Å². The second kappa shape index (κ2) is 4.58. The maximum absolute atomic E-state index is 13.8. The number of halogens is 4. The zero-order valence-electron chi connectivity index (χ0n) is 11.8. The largest absolute Gasteiger partial charge is 0.493 e. The molecule has 0 aromatic heterocycles. The Kier molecular flexibility index (Phi) is 3.50. The summed E-state index contributed by atoms with van der Waals surface area (Å²) in [6.45, 7) is 2.88. The molecule has 1 aromatic rings. The molecule has 0 fully saturated rings. The lowest BCUT2D eigenvalue weighted by Crippen LogP contribution is -2.56. The smallest absolute Gasteiger partial charge is 0.420 e. The third-order valence-electron chi connectivity index (χ3n) is 3.97. The Hall–Kier alpha value is -1.34. The SMILES string of the molecule is COc1c(F)ccc2c1C(C)(C)C[C@@](O)(C(F)(F)F)[C@@H]2O. The Labute approximate surface area is 119 Å². The molecule has 2 atom stereocenters. The van der Waals surface area contributed by atoms with Crippen LogP contribution in [0.4, 0.5) is 17.6 Å². The summed E-state index contributed by atoms with van der Waals surface area (Å²) in [6.07, 6.45) is -8.00. The number of ether oxygens (including phenoxy) is 1. The van der Waals surface area contributed by atoms with Crippen molar-refractivity contribution >= 4 is 0 Å². The first-order valence-corrected chi connectivity index (χ1v) is 6.30. The molecule has 0 radical (unpaired) electrons. The van der Waals surface area contributed by atoms with Crippen LogP contribution in [0.3, 0.4) is 0 Å². The Morgan fingerprint density at radius 3 is 2.33 bits per heavy atom. The van der Waals surface area contributed by atoms with Crippen LogP contribution < -0.4 is 4.74 Å². The van der Waals surface area contributed by atoms with E-state index >= 15 is 0 Å². The second-order valence-corrected chi connectivity index (χ2v) is 5.93. The van der Waals surface area contributed by atoms with E-state index in [-0.39, 0.29) is 16.9 Å². The summed E-state index contributed by atoms with van der Waals surface area (Å²) in [5.41, 5.74) is -4.55. The van der Waals surface area contributed by atoms with Gasteiger partial charge >= 0.3 is 6.18 Å². The van der Waals surface area contributed by atoms with E-state index in [2.05, 4.69) is 0 Å². The highest BCUT2D eigenvalue weighted by Crippen LogP contribution is 2.55. The van der Waals surface area contributed by atoms with E-state index in [9.17, 15) is 27.8 Å². The number of aliphatic hydroxyl groups is 2. The van der Waals surface area contributed by atoms with Crippen molar-refractivity contribution in [2.24, 2.45) is 0 Å². The predicted molar refractivity (Wildman–Crippen MR) is 66.6 cm³/mol. The summed E-state index contributed by atoms with van der Waals surface area (Å²) in [5.74, 6) is -0.935. The summed E-state index contributed by atoms with van der Waals surface area (Å²) < 4.78 is 58.2. The molecule has 0 bridgehead atoms. The fourth-order valence-corrected chi connectivity index (χ4v) is 3.07. The molecule has 1 aliphatic carbocycles. The van der Waals surface area contributed by atoms with Crippen molar-refractivity contribution in [2.45, 2.75) is 43.6 Å². The van der Waals surface area contributed by atoms with Crippen molar-refractivity contribution in [1.29, 1.82) is 0 Å². The first-order valence-electron chi connectivity index (χ1n) is 6.30. The van der Waals surface area contributed by atoms with E-state index in [1.165, 1.54) is 21.0 Å². The molecule has 0 amide bonds. The van der Waals surface area contributed by atoms with Gasteiger partial charge in [-0.3, -0.25) is 0 Å². The minimum atomic E-state index is -5.01. The maximum Gasteiger partial charge on any atom is 0.420 e. The van der Waals surface area contributed by atoms with Gasteiger partial charge in [-0.25, -0.2) is 4.39 Å². The van der Waals surface area contributed by atoms with E-state index in [0.29, 0.717) is 0 Å². The van der Waals surface area contributed by atoms with Crippen molar-refractivity contribution in [2.75, 3.05) is 7.11 Å². The monoisotopic (exact) mass is 308 g/mol. The number of hydrogen-bond donors (Lipinski definition) is 2. The van der Waals surface area contributed by atoms with Crippen LogP contribution in [-0.4, -0.2) is 29.1 Å². The molecule has 3 nitrogen and oxygen atoms in total. The van der Waals surface area contributed by atoms with Gasteiger partial charge in [0.2, 0.25) is 0 Å². The fourth-order valence-electron chi connectivity index (χ4n) is 3.07. The Morgan fingerprint density at radius 1 is 1.29 bits per heavy atom. The zero-order chi connectivity index (χ0) is 16.2. The van der Waals surface area contributed by atoms with E-state index in [1.807, 2.05) is 0 Å². The average Bonchev–Trinajstić information content (AvgIpc) is 2.34. The molecule has 0 unspecified atom stereocenters. The second-order valence-electron chi connectivity index (χ2n) is 5.93. The minimum absolute atomic E-state index is 0.145. The topological polar surface area (TPSA) is 49.7 Å². The van der Waals surface area contributed by atoms with Crippen molar-refractivity contribution in [1.82, 2.24) is 0 Å². The van der Waals surface area contributed by atoms with Gasteiger partial charge in [0.05, 0.1) is 7.11 Å². The normalized spacial score (nSPS) is 28.1. The van der Waals surface area contributed by atoms with Gasteiger partial charge in [0.25, 0.3) is 0 Å². The lowest BCUT2D eigenvalue weighted by molar-refractivity contribution is -0.302. The molecule has 0 saturated heterocycles. The zero-order valence-corrected chi connectivity index (χ0v) is 11.8. The molecule has 0 saturated carbocycles. The molecule has 1 aliphatic rings. The van der Waals surface area contributed by atoms with E-state index in [4.69, 9.17) is 4.74 Å². The number of rotatable bonds is 1. The lowest BCUT2D eigenvalue weighted by atomic mass is 9.64. The van der Waals surface area contributed by atoms with Crippen LogP contribution >= 0.6 is 0 Å². The predicted octanol–water partition coefficient (Wildman–Crippen LogP) is 2.84. The fraction of sp³-hybridized carbons (Fsp3) is 0.571. The average molecular weight is 308 g/mol. The van der Waals surface area contributed by atoms with Crippen molar-refractivity contribution in [3.8, 4) is 5.75 Å². The molecule has 21 heavy (non-hydrogen) atoms. The first-order chi connectivity index (χ1) is 9.45. The molecule has 2 N–H and O–H groups in total. The third-order valence-corrected chi connectivity index (χ3v) is 3.97. The van der Waals surface area contributed by atoms with Crippen LogP contribution in [0, 0.1) is 5.82 Å². The molecule has 0 heterocycles. The van der Waals surface area contributed by atoms with Gasteiger partial charge in [0.15, 0.2) is 17.2 Å². The minimum Gasteiger partial charge on any atom is -0.493 e. The molecule has 7 heteroatoms. The summed E-state index contributed by atoms with van der Waals surface area (Å²) in [6, 6.07) is 1.97. The van der Waals surface area contributed by atoms with Crippen LogP contribution in [0.5, 0.6) is 5.75 Å². The van der Waals surface area contributed by atoms with Crippen LogP contribution in [0.2, 0.25) is 0 Å². The van der Waals surface area contributed by atoms with Crippen molar-refractivity contribution in [3.05, 3.63) is 29.1 Å². The van der Waals surface area contributed by atoms with Gasteiger partial charge in [0.1, 0.15) is 6.10 Å². The van der Waals surface area contributed by atoms with Crippen molar-refractivity contribution < 1.29 is 32.5 Å². The van der Waals surface area contributed by atoms with Crippen LogP contribution in [0.1, 0.15) is 37.5 Å². The van der Waals surface area contributed by atoms with Gasteiger partial charge in [-0.05, 0) is 23.5 Å². The standard InChI is InChI=1S/C14H16F4O3/c1-12(2)6-13(20,14(16,17)18)11(19)7-4-5-8(15)10(21-3)9(7)12/h4-5,11,19-20H,6H2,1-3H3/t11-,13+/m1/s1. The summed E-state index contributed by atoms with van der Waals surface area (Å²) >= 11 is 0. The van der Waals surface area contributed by atoms with E-state index in [0.717, 1.165) is 12.1 Å². The number of alkyl halides is 3. The Bertz CT molecular complexity index is 568. The molecular formula is C14H16F4O3. The quantitative estimate of drug-likeness (QED) is 0.784. The number of hydrogen-bond acceptors (Lipinski definition) is 3. The number of aliphatic hydroxyl groups excluding tert-OH is 1. The van der Waals surface area contributed by atoms with Crippen LogP contribution in [0.25, 0.3) is 0 Å². The third kappa shape index (κ3) is 2.19. The van der Waals surface area contributed by atoms with Crippen LogP contribution in [0.15, 0.2) is 12.1 Å². The van der Waals surface area contributed by atoms with Crippen molar-refractivity contribution in [3.63, 3.8) is 0 Å². The van der Waals surface area contributed by atoms with Crippen LogP contribution in [-0.2, 0) is 5.41 Å². The molecule has 1 aromatic carbocycles. The lowest BCUT2D eigenvalue weighted by Gasteiger charge is -2.46. The molecule has 0 aliphatic heterocycles. The number of benzene rings is 1. The summed E-state index contributed by atoms with van der Waals surface area (Å²) in [7, 11) is 1.20. The highest BCUT2D eigenvalue weighted by atomic mass is 19.4. The van der Waals surface area contributed by atoms with Gasteiger partial charge in [-0.1, -0.05) is 19.9 Å². The Morgan fingerprint density at radius 2 is 1.86 bits per heavy atom. The maximum atomic E-state index is 13.8. The Balaban J connectivity index is 2.74. The molecule has 0 spiro atoms. The highest BCUT2D eigenvalue weighted by Gasteiger charge is 2.64. The van der Waals surface area contributed by atoms with Gasteiger partial charge in [-0.2, -0.15) is 13.2 Å². The number of methoxy groups -OCH3 is 1. The van der Waals surface area contributed by atoms with E-state index in [1.54, 1.807) is 0 Å². The highest BCUT2D eigenvalue weighted by molar-refractivity contribution is 5.50. The first kappa shape index (κ1) is 16.0. The summed E-state index contributed by atoms with van der Waals surface area (Å²) in [4.78, 5) is 0.